The third-order valence-electron chi connectivity index (χ3n) is 2.42. The van der Waals surface area contributed by atoms with Gasteiger partial charge < -0.3 is 0 Å². The van der Waals surface area contributed by atoms with Crippen LogP contribution in [0, 0.1) is 17.0 Å². The van der Waals surface area contributed by atoms with Crippen molar-refractivity contribution in [3.05, 3.63) is 46.1 Å². The number of sulfonamides is 1. The number of hydrogen-bond donors (Lipinski definition) is 2. The second kappa shape index (κ2) is 4.69. The second-order valence-electron chi connectivity index (χ2n) is 3.78. The minimum Gasteiger partial charge on any atom is -0.264 e. The van der Waals surface area contributed by atoms with Crippen LogP contribution in [0.25, 0.3) is 0 Å². The van der Waals surface area contributed by atoms with Gasteiger partial charge in [-0.3, -0.25) is 19.9 Å². The molecular weight excluding hydrogens is 272 g/mol. The van der Waals surface area contributed by atoms with E-state index < -0.39 is 14.9 Å². The first kappa shape index (κ1) is 13.0. The van der Waals surface area contributed by atoms with Crippen LogP contribution in [0.3, 0.4) is 0 Å². The summed E-state index contributed by atoms with van der Waals surface area (Å²) >= 11 is 0. The number of aromatic nitrogens is 2. The van der Waals surface area contributed by atoms with Crippen LogP contribution >= 0.6 is 0 Å². The third-order valence-corrected chi connectivity index (χ3v) is 3.79. The van der Waals surface area contributed by atoms with Crippen molar-refractivity contribution < 1.29 is 13.3 Å². The highest BCUT2D eigenvalue weighted by Gasteiger charge is 2.17. The Bertz CT molecular complexity index is 705. The maximum absolute atomic E-state index is 12.0. The SMILES string of the molecule is Cc1cn[nH]c1NS(=O)(=O)c1ccc([N+](=O)[O-])cc1. The molecule has 0 spiro atoms. The molecule has 0 fully saturated rings. The number of benzene rings is 1. The Hall–Kier alpha value is -2.42. The summed E-state index contributed by atoms with van der Waals surface area (Å²) in [5.74, 6) is 0.262. The molecule has 8 nitrogen and oxygen atoms in total. The lowest BCUT2D eigenvalue weighted by Crippen LogP contribution is -2.13. The molecule has 0 aliphatic rings. The molecule has 0 bridgehead atoms. The monoisotopic (exact) mass is 282 g/mol. The maximum Gasteiger partial charge on any atom is 0.269 e. The quantitative estimate of drug-likeness (QED) is 0.649. The normalized spacial score (nSPS) is 11.2. The van der Waals surface area contributed by atoms with Gasteiger partial charge in [0, 0.05) is 17.7 Å². The number of non-ortho nitro benzene ring substituents is 1. The zero-order valence-corrected chi connectivity index (χ0v) is 10.6. The van der Waals surface area contributed by atoms with Gasteiger partial charge in [-0.25, -0.2) is 8.42 Å². The molecule has 0 unspecified atom stereocenters. The lowest BCUT2D eigenvalue weighted by atomic mass is 10.3. The number of nitro benzene ring substituents is 1. The fourth-order valence-corrected chi connectivity index (χ4v) is 2.48. The summed E-state index contributed by atoms with van der Waals surface area (Å²) in [6.07, 6.45) is 1.48. The van der Waals surface area contributed by atoms with Crippen LogP contribution in [0.2, 0.25) is 0 Å². The Morgan fingerprint density at radius 3 is 2.42 bits per heavy atom. The summed E-state index contributed by atoms with van der Waals surface area (Å²) in [6, 6.07) is 4.61. The summed E-state index contributed by atoms with van der Waals surface area (Å²) in [5.41, 5.74) is 0.474. The molecule has 0 amide bonds. The number of nitrogens with zero attached hydrogens (tertiary/aromatic N) is 2. The van der Waals surface area contributed by atoms with E-state index >= 15 is 0 Å². The van der Waals surface area contributed by atoms with E-state index in [9.17, 15) is 18.5 Å². The number of H-pyrrole nitrogens is 1. The summed E-state index contributed by atoms with van der Waals surface area (Å²) in [7, 11) is -3.79. The lowest BCUT2D eigenvalue weighted by Gasteiger charge is -2.06. The first-order valence-corrected chi connectivity index (χ1v) is 6.66. The van der Waals surface area contributed by atoms with Crippen LogP contribution in [0.4, 0.5) is 11.5 Å². The van der Waals surface area contributed by atoms with Crippen molar-refractivity contribution in [2.75, 3.05) is 4.72 Å². The number of rotatable bonds is 4. The van der Waals surface area contributed by atoms with E-state index in [1.165, 1.54) is 18.3 Å². The predicted molar refractivity (Wildman–Crippen MR) is 67.2 cm³/mol. The van der Waals surface area contributed by atoms with Gasteiger partial charge in [-0.15, -0.1) is 0 Å². The molecule has 19 heavy (non-hydrogen) atoms. The van der Waals surface area contributed by atoms with Crippen LogP contribution in [0.5, 0.6) is 0 Å². The number of anilines is 1. The van der Waals surface area contributed by atoms with Crippen molar-refractivity contribution in [2.24, 2.45) is 0 Å². The molecule has 0 saturated carbocycles. The topological polar surface area (TPSA) is 118 Å². The highest BCUT2D eigenvalue weighted by Crippen LogP contribution is 2.19. The number of aromatic amines is 1. The van der Waals surface area contributed by atoms with Crippen LogP contribution in [0.1, 0.15) is 5.56 Å². The number of aryl methyl sites for hydroxylation is 1. The minimum atomic E-state index is -3.79. The molecule has 1 heterocycles. The van der Waals surface area contributed by atoms with Gasteiger partial charge in [-0.1, -0.05) is 0 Å². The van der Waals surface area contributed by atoms with Crippen LogP contribution in [0.15, 0.2) is 35.4 Å². The molecule has 2 rings (SSSR count). The molecule has 2 N–H and O–H groups in total. The van der Waals surface area contributed by atoms with Gasteiger partial charge in [-0.05, 0) is 19.1 Å². The number of hydrogen-bond acceptors (Lipinski definition) is 5. The van der Waals surface area contributed by atoms with E-state index in [1.807, 2.05) is 0 Å². The van der Waals surface area contributed by atoms with Crippen molar-refractivity contribution in [3.8, 4) is 0 Å². The fraction of sp³-hybridized carbons (Fsp3) is 0.100. The van der Waals surface area contributed by atoms with Crippen LogP contribution in [-0.4, -0.2) is 23.5 Å². The molecule has 0 radical (unpaired) electrons. The summed E-state index contributed by atoms with van der Waals surface area (Å²) < 4.78 is 26.3. The summed E-state index contributed by atoms with van der Waals surface area (Å²) in [6.45, 7) is 1.69. The number of nitro groups is 1. The lowest BCUT2D eigenvalue weighted by molar-refractivity contribution is -0.384. The molecule has 0 atom stereocenters. The fourth-order valence-electron chi connectivity index (χ4n) is 1.39. The Kier molecular flexibility index (Phi) is 3.21. The smallest absolute Gasteiger partial charge is 0.264 e. The van der Waals surface area contributed by atoms with Crippen molar-refractivity contribution in [2.45, 2.75) is 11.8 Å². The molecule has 0 aliphatic heterocycles. The van der Waals surface area contributed by atoms with E-state index in [-0.39, 0.29) is 16.4 Å². The highest BCUT2D eigenvalue weighted by molar-refractivity contribution is 7.92. The first-order valence-electron chi connectivity index (χ1n) is 5.17. The largest absolute Gasteiger partial charge is 0.269 e. The van der Waals surface area contributed by atoms with Gasteiger partial charge in [-0.2, -0.15) is 5.10 Å². The van der Waals surface area contributed by atoms with Gasteiger partial charge in [0.05, 0.1) is 16.0 Å². The standard InChI is InChI=1S/C10H10N4O4S/c1-7-6-11-12-10(7)13-19(17,18)9-4-2-8(3-5-9)14(15)16/h2-6H,1H3,(H2,11,12,13). The second-order valence-corrected chi connectivity index (χ2v) is 5.47. The average molecular weight is 282 g/mol. The van der Waals surface area contributed by atoms with Gasteiger partial charge in [0.2, 0.25) is 0 Å². The van der Waals surface area contributed by atoms with Crippen molar-refractivity contribution in [1.29, 1.82) is 0 Å². The van der Waals surface area contributed by atoms with Gasteiger partial charge >= 0.3 is 0 Å². The van der Waals surface area contributed by atoms with Crippen molar-refractivity contribution in [1.82, 2.24) is 10.2 Å². The molecule has 2 aromatic rings. The molecule has 9 heteroatoms. The van der Waals surface area contributed by atoms with Crippen molar-refractivity contribution in [3.63, 3.8) is 0 Å². The van der Waals surface area contributed by atoms with Crippen LogP contribution < -0.4 is 4.72 Å². The zero-order valence-electron chi connectivity index (χ0n) is 9.82. The third kappa shape index (κ3) is 2.71. The molecular formula is C10H10N4O4S. The molecule has 1 aromatic heterocycles. The molecule has 0 saturated heterocycles. The maximum atomic E-state index is 12.0. The van der Waals surface area contributed by atoms with E-state index in [1.54, 1.807) is 6.92 Å². The minimum absolute atomic E-state index is 0.0629. The Balaban J connectivity index is 2.29. The molecule has 0 aliphatic carbocycles. The Morgan fingerprint density at radius 2 is 1.95 bits per heavy atom. The zero-order chi connectivity index (χ0) is 14.0. The summed E-state index contributed by atoms with van der Waals surface area (Å²) in [5, 5.41) is 16.7. The average Bonchev–Trinajstić information content (AvgIpc) is 2.74. The molecule has 1 aromatic carbocycles. The van der Waals surface area contributed by atoms with Gasteiger partial charge in [0.25, 0.3) is 15.7 Å². The number of nitrogens with one attached hydrogen (secondary N) is 2. The molecule has 100 valence electrons. The Morgan fingerprint density at radius 1 is 1.32 bits per heavy atom. The Labute approximate surface area is 108 Å². The van der Waals surface area contributed by atoms with E-state index in [2.05, 4.69) is 14.9 Å². The van der Waals surface area contributed by atoms with Gasteiger partial charge in [0.15, 0.2) is 0 Å². The first-order chi connectivity index (χ1) is 8.90. The van der Waals surface area contributed by atoms with E-state index in [0.717, 1.165) is 12.1 Å². The summed E-state index contributed by atoms with van der Waals surface area (Å²) in [4.78, 5) is 9.83. The predicted octanol–water partition coefficient (Wildman–Crippen LogP) is 1.43. The highest BCUT2D eigenvalue weighted by atomic mass is 32.2. The van der Waals surface area contributed by atoms with Crippen molar-refractivity contribution >= 4 is 21.5 Å². The van der Waals surface area contributed by atoms with Crippen LogP contribution in [-0.2, 0) is 10.0 Å². The van der Waals surface area contributed by atoms with E-state index in [4.69, 9.17) is 0 Å². The van der Waals surface area contributed by atoms with Gasteiger partial charge in [0.1, 0.15) is 5.82 Å². The van der Waals surface area contributed by atoms with E-state index in [0.29, 0.717) is 5.56 Å².